The van der Waals surface area contributed by atoms with Crippen LogP contribution in [0.4, 0.5) is 27.6 Å². The molecule has 21 heavy (non-hydrogen) atoms. The second-order valence-corrected chi connectivity index (χ2v) is 3.51. The summed E-state index contributed by atoms with van der Waals surface area (Å²) in [5.74, 6) is -3.40. The van der Waals surface area contributed by atoms with Crippen molar-refractivity contribution in [1.82, 2.24) is 4.98 Å². The number of nitrogens with zero attached hydrogens (tertiary/aromatic N) is 2. The maximum atomic E-state index is 12.7. The number of pyridine rings is 1. The van der Waals surface area contributed by atoms with Crippen molar-refractivity contribution < 1.29 is 41.5 Å². The summed E-state index contributed by atoms with van der Waals surface area (Å²) in [7, 11) is 0. The van der Waals surface area contributed by atoms with Gasteiger partial charge < -0.3 is 9.84 Å². The van der Waals surface area contributed by atoms with Gasteiger partial charge in [0, 0.05) is 5.56 Å². The van der Waals surface area contributed by atoms with E-state index in [1.165, 1.54) is 0 Å². The molecule has 12 heteroatoms. The van der Waals surface area contributed by atoms with Gasteiger partial charge in [0.25, 0.3) is 6.43 Å². The summed E-state index contributed by atoms with van der Waals surface area (Å²) in [6, 6.07) is 0. The third kappa shape index (κ3) is 4.22. The SMILES string of the molecule is O=C(O)Cc1c(C(F)F)ncc([N+](=O)[O-])c1OC(F)(F)F. The van der Waals surface area contributed by atoms with Crippen LogP contribution in [0, 0.1) is 10.1 Å². The highest BCUT2D eigenvalue weighted by Crippen LogP contribution is 2.39. The van der Waals surface area contributed by atoms with E-state index in [0.29, 0.717) is 0 Å². The monoisotopic (exact) mass is 316 g/mol. The van der Waals surface area contributed by atoms with Crippen LogP contribution in [0.3, 0.4) is 0 Å². The van der Waals surface area contributed by atoms with Crippen molar-refractivity contribution in [2.45, 2.75) is 19.2 Å². The number of alkyl halides is 5. The Kier molecular flexibility index (Phi) is 4.60. The molecule has 0 saturated carbocycles. The smallest absolute Gasteiger partial charge is 0.481 e. The van der Waals surface area contributed by atoms with Crippen LogP contribution in [0.2, 0.25) is 0 Å². The minimum Gasteiger partial charge on any atom is -0.481 e. The minimum atomic E-state index is -5.43. The third-order valence-electron chi connectivity index (χ3n) is 2.09. The Morgan fingerprint density at radius 1 is 1.48 bits per heavy atom. The Morgan fingerprint density at radius 2 is 2.05 bits per heavy atom. The van der Waals surface area contributed by atoms with Crippen LogP contribution in [0.15, 0.2) is 6.20 Å². The van der Waals surface area contributed by atoms with Gasteiger partial charge in [0.15, 0.2) is 0 Å². The van der Waals surface area contributed by atoms with Crippen LogP contribution in [-0.4, -0.2) is 27.3 Å². The van der Waals surface area contributed by atoms with Crippen molar-refractivity contribution in [3.8, 4) is 5.75 Å². The molecule has 1 N–H and O–H groups in total. The Morgan fingerprint density at radius 3 is 2.43 bits per heavy atom. The van der Waals surface area contributed by atoms with Crippen molar-refractivity contribution in [1.29, 1.82) is 0 Å². The molecule has 0 amide bonds. The molecule has 1 aromatic heterocycles. The standard InChI is InChI=1S/C9H5F5N2O5/c10-8(11)6-3(1-5(17)18)7(21-9(12,13)14)4(2-15-6)16(19)20/h2,8H,1H2,(H,17,18). The largest absolute Gasteiger partial charge is 0.573 e. The van der Waals surface area contributed by atoms with E-state index in [-0.39, 0.29) is 6.20 Å². The second-order valence-electron chi connectivity index (χ2n) is 3.51. The fraction of sp³-hybridized carbons (Fsp3) is 0.333. The predicted octanol–water partition coefficient (Wildman–Crippen LogP) is 2.45. The molecule has 0 unspecified atom stereocenters. The Bertz CT molecular complexity index is 574. The highest BCUT2D eigenvalue weighted by molar-refractivity contribution is 5.73. The molecule has 0 aliphatic rings. The van der Waals surface area contributed by atoms with Gasteiger partial charge in [-0.15, -0.1) is 13.2 Å². The molecule has 0 saturated heterocycles. The van der Waals surface area contributed by atoms with E-state index >= 15 is 0 Å². The topological polar surface area (TPSA) is 103 Å². The van der Waals surface area contributed by atoms with E-state index in [4.69, 9.17) is 5.11 Å². The van der Waals surface area contributed by atoms with Gasteiger partial charge in [-0.2, -0.15) is 0 Å². The zero-order valence-corrected chi connectivity index (χ0v) is 9.73. The zero-order valence-electron chi connectivity index (χ0n) is 9.73. The fourth-order valence-corrected chi connectivity index (χ4v) is 1.41. The first-order valence-electron chi connectivity index (χ1n) is 4.94. The van der Waals surface area contributed by atoms with E-state index in [1.54, 1.807) is 0 Å². The molecular weight excluding hydrogens is 311 g/mol. The van der Waals surface area contributed by atoms with Crippen LogP contribution < -0.4 is 4.74 Å². The fourth-order valence-electron chi connectivity index (χ4n) is 1.41. The van der Waals surface area contributed by atoms with Crippen LogP contribution >= 0.6 is 0 Å². The highest BCUT2D eigenvalue weighted by Gasteiger charge is 2.38. The van der Waals surface area contributed by atoms with Gasteiger partial charge in [0.2, 0.25) is 5.75 Å². The molecule has 1 aromatic rings. The normalized spacial score (nSPS) is 11.5. The summed E-state index contributed by atoms with van der Waals surface area (Å²) < 4.78 is 65.4. The molecule has 0 aromatic carbocycles. The number of aliphatic carboxylic acids is 1. The molecule has 116 valence electrons. The minimum absolute atomic E-state index is 0.147. The number of aromatic nitrogens is 1. The zero-order chi connectivity index (χ0) is 16.4. The number of carboxylic acids is 1. The summed E-state index contributed by atoms with van der Waals surface area (Å²) in [4.78, 5) is 22.8. The van der Waals surface area contributed by atoms with Gasteiger partial charge in [-0.25, -0.2) is 13.8 Å². The van der Waals surface area contributed by atoms with Crippen LogP contribution in [0.25, 0.3) is 0 Å². The highest BCUT2D eigenvalue weighted by atomic mass is 19.4. The van der Waals surface area contributed by atoms with E-state index in [9.17, 15) is 36.9 Å². The van der Waals surface area contributed by atoms with Crippen molar-refractivity contribution in [2.75, 3.05) is 0 Å². The Balaban J connectivity index is 3.59. The molecule has 0 fully saturated rings. The van der Waals surface area contributed by atoms with Crippen molar-refractivity contribution >= 4 is 11.7 Å². The van der Waals surface area contributed by atoms with Crippen molar-refractivity contribution in [3.05, 3.63) is 27.6 Å². The number of hydrogen-bond donors (Lipinski definition) is 1. The molecule has 1 rings (SSSR count). The Labute approximate surface area is 112 Å². The Hall–Kier alpha value is -2.53. The molecule has 1 heterocycles. The average Bonchev–Trinajstić information content (AvgIpc) is 2.27. The van der Waals surface area contributed by atoms with E-state index in [0.717, 1.165) is 0 Å². The number of nitro groups is 1. The number of carboxylic acid groups (broad SMARTS) is 1. The van der Waals surface area contributed by atoms with Crippen molar-refractivity contribution in [2.24, 2.45) is 0 Å². The number of halogens is 5. The van der Waals surface area contributed by atoms with Gasteiger partial charge in [0.05, 0.1) is 11.3 Å². The van der Waals surface area contributed by atoms with Crippen LogP contribution in [-0.2, 0) is 11.2 Å². The molecule has 0 radical (unpaired) electrons. The number of hydrogen-bond acceptors (Lipinski definition) is 5. The summed E-state index contributed by atoms with van der Waals surface area (Å²) in [5.41, 5.74) is -3.90. The second kappa shape index (κ2) is 5.85. The molecule has 0 spiro atoms. The molecule has 0 aliphatic carbocycles. The van der Waals surface area contributed by atoms with Gasteiger partial charge in [-0.3, -0.25) is 14.9 Å². The van der Waals surface area contributed by atoms with Gasteiger partial charge >= 0.3 is 18.0 Å². The average molecular weight is 316 g/mol. The first-order valence-corrected chi connectivity index (χ1v) is 4.94. The lowest BCUT2D eigenvalue weighted by atomic mass is 10.1. The molecule has 0 aliphatic heterocycles. The third-order valence-corrected chi connectivity index (χ3v) is 2.09. The maximum Gasteiger partial charge on any atom is 0.573 e. The molecule has 0 atom stereocenters. The quantitative estimate of drug-likeness (QED) is 0.508. The molecule has 7 nitrogen and oxygen atoms in total. The van der Waals surface area contributed by atoms with Gasteiger partial charge in [-0.05, 0) is 0 Å². The number of ether oxygens (including phenoxy) is 1. The lowest BCUT2D eigenvalue weighted by Crippen LogP contribution is -2.21. The predicted molar refractivity (Wildman–Crippen MR) is 53.9 cm³/mol. The number of carbonyl (C=O) groups is 1. The summed E-state index contributed by atoms with van der Waals surface area (Å²) in [6.07, 6.45) is -10.1. The maximum absolute atomic E-state index is 12.7. The summed E-state index contributed by atoms with van der Waals surface area (Å²) in [6.45, 7) is 0. The van der Waals surface area contributed by atoms with Crippen LogP contribution in [0.1, 0.15) is 17.7 Å². The number of rotatable bonds is 5. The van der Waals surface area contributed by atoms with E-state index in [2.05, 4.69) is 9.72 Å². The van der Waals surface area contributed by atoms with Crippen LogP contribution in [0.5, 0.6) is 5.75 Å². The van der Waals surface area contributed by atoms with E-state index < -0.39 is 52.8 Å². The first-order chi connectivity index (χ1) is 9.53. The lowest BCUT2D eigenvalue weighted by molar-refractivity contribution is -0.389. The lowest BCUT2D eigenvalue weighted by Gasteiger charge is -2.14. The van der Waals surface area contributed by atoms with E-state index in [1.807, 2.05) is 0 Å². The van der Waals surface area contributed by atoms with Gasteiger partial charge in [-0.1, -0.05) is 0 Å². The summed E-state index contributed by atoms with van der Waals surface area (Å²) in [5, 5.41) is 19.2. The molecular formula is C9H5F5N2O5. The molecule has 0 bridgehead atoms. The first kappa shape index (κ1) is 16.5. The van der Waals surface area contributed by atoms with Gasteiger partial charge in [0.1, 0.15) is 11.9 Å². The summed E-state index contributed by atoms with van der Waals surface area (Å²) >= 11 is 0. The van der Waals surface area contributed by atoms with Crippen molar-refractivity contribution in [3.63, 3.8) is 0 Å².